The molecule has 3 heteroatoms. The SMILES string of the molecule is CC1(C)CCCCC1Nc1ncccc1N. The largest absolute Gasteiger partial charge is 0.396 e. The Morgan fingerprint density at radius 1 is 1.44 bits per heavy atom. The van der Waals surface area contributed by atoms with E-state index in [9.17, 15) is 0 Å². The number of pyridine rings is 1. The third kappa shape index (κ3) is 2.29. The second-order valence-corrected chi connectivity index (χ2v) is 5.37. The summed E-state index contributed by atoms with van der Waals surface area (Å²) in [5.41, 5.74) is 6.98. The molecule has 1 heterocycles. The van der Waals surface area contributed by atoms with E-state index in [4.69, 9.17) is 5.73 Å². The lowest BCUT2D eigenvalue weighted by molar-refractivity contribution is 0.217. The van der Waals surface area contributed by atoms with Crippen LogP contribution in [0.1, 0.15) is 39.5 Å². The summed E-state index contributed by atoms with van der Waals surface area (Å²) in [4.78, 5) is 4.30. The molecule has 0 aromatic carbocycles. The summed E-state index contributed by atoms with van der Waals surface area (Å²) in [6.07, 6.45) is 6.91. The second-order valence-electron chi connectivity index (χ2n) is 5.37. The average Bonchev–Trinajstić information content (AvgIpc) is 2.24. The van der Waals surface area contributed by atoms with E-state index in [0.29, 0.717) is 11.5 Å². The Bertz CT molecular complexity index is 360. The molecule has 0 aliphatic heterocycles. The van der Waals surface area contributed by atoms with Crippen LogP contribution in [0, 0.1) is 5.41 Å². The predicted octanol–water partition coefficient (Wildman–Crippen LogP) is 3.04. The van der Waals surface area contributed by atoms with Gasteiger partial charge in [0.1, 0.15) is 5.82 Å². The fourth-order valence-corrected chi connectivity index (χ4v) is 2.46. The highest BCUT2D eigenvalue weighted by atomic mass is 15.0. The van der Waals surface area contributed by atoms with Crippen LogP contribution in [0.4, 0.5) is 11.5 Å². The Balaban J connectivity index is 2.12. The summed E-state index contributed by atoms with van der Waals surface area (Å²) in [5.74, 6) is 0.836. The van der Waals surface area contributed by atoms with Crippen molar-refractivity contribution in [3.63, 3.8) is 0 Å². The van der Waals surface area contributed by atoms with E-state index < -0.39 is 0 Å². The molecule has 1 saturated carbocycles. The molecule has 3 nitrogen and oxygen atoms in total. The molecule has 1 fully saturated rings. The molecular formula is C13H21N3. The Hall–Kier alpha value is -1.25. The molecule has 16 heavy (non-hydrogen) atoms. The third-order valence-electron chi connectivity index (χ3n) is 3.66. The number of nitrogens with one attached hydrogen (secondary N) is 1. The molecule has 1 atom stereocenters. The van der Waals surface area contributed by atoms with E-state index in [0.717, 1.165) is 11.5 Å². The van der Waals surface area contributed by atoms with E-state index in [1.807, 2.05) is 12.1 Å². The van der Waals surface area contributed by atoms with Gasteiger partial charge in [-0.15, -0.1) is 0 Å². The van der Waals surface area contributed by atoms with Crippen molar-refractivity contribution >= 4 is 11.5 Å². The van der Waals surface area contributed by atoms with Crippen molar-refractivity contribution in [1.29, 1.82) is 0 Å². The number of anilines is 2. The maximum Gasteiger partial charge on any atom is 0.149 e. The van der Waals surface area contributed by atoms with Crippen molar-refractivity contribution in [2.75, 3.05) is 11.1 Å². The molecule has 1 aromatic rings. The number of hydrogen-bond donors (Lipinski definition) is 2. The molecule has 1 aliphatic carbocycles. The fourth-order valence-electron chi connectivity index (χ4n) is 2.46. The minimum Gasteiger partial charge on any atom is -0.396 e. The van der Waals surface area contributed by atoms with Gasteiger partial charge in [0.2, 0.25) is 0 Å². The third-order valence-corrected chi connectivity index (χ3v) is 3.66. The highest BCUT2D eigenvalue weighted by molar-refractivity contribution is 5.60. The maximum atomic E-state index is 5.90. The number of nitrogens with two attached hydrogens (primary N) is 1. The molecule has 0 bridgehead atoms. The van der Waals surface area contributed by atoms with Gasteiger partial charge in [0.05, 0.1) is 5.69 Å². The molecule has 1 aromatic heterocycles. The van der Waals surface area contributed by atoms with Crippen LogP contribution in [0.2, 0.25) is 0 Å². The van der Waals surface area contributed by atoms with E-state index in [2.05, 4.69) is 24.1 Å². The summed E-state index contributed by atoms with van der Waals surface area (Å²) in [7, 11) is 0. The van der Waals surface area contributed by atoms with Crippen LogP contribution in [0.15, 0.2) is 18.3 Å². The van der Waals surface area contributed by atoms with Crippen molar-refractivity contribution in [1.82, 2.24) is 4.98 Å². The summed E-state index contributed by atoms with van der Waals surface area (Å²) in [6, 6.07) is 4.25. The van der Waals surface area contributed by atoms with Crippen LogP contribution in [0.25, 0.3) is 0 Å². The van der Waals surface area contributed by atoms with Gasteiger partial charge in [-0.3, -0.25) is 0 Å². The average molecular weight is 219 g/mol. The van der Waals surface area contributed by atoms with E-state index in [-0.39, 0.29) is 0 Å². The molecule has 1 aliphatic rings. The van der Waals surface area contributed by atoms with Crippen molar-refractivity contribution in [3.05, 3.63) is 18.3 Å². The van der Waals surface area contributed by atoms with E-state index in [1.54, 1.807) is 6.20 Å². The van der Waals surface area contributed by atoms with Gasteiger partial charge in [-0.2, -0.15) is 0 Å². The molecule has 0 saturated heterocycles. The Morgan fingerprint density at radius 2 is 2.25 bits per heavy atom. The van der Waals surface area contributed by atoms with Gasteiger partial charge in [0.25, 0.3) is 0 Å². The van der Waals surface area contributed by atoms with E-state index >= 15 is 0 Å². The first-order valence-electron chi connectivity index (χ1n) is 6.06. The predicted molar refractivity (Wildman–Crippen MR) is 68.3 cm³/mol. The van der Waals surface area contributed by atoms with Crippen molar-refractivity contribution in [2.24, 2.45) is 5.41 Å². The number of rotatable bonds is 2. The molecule has 1 unspecified atom stereocenters. The maximum absolute atomic E-state index is 5.90. The number of aromatic nitrogens is 1. The normalized spacial score (nSPS) is 24.0. The van der Waals surface area contributed by atoms with Crippen LogP contribution in [0.3, 0.4) is 0 Å². The quantitative estimate of drug-likeness (QED) is 0.803. The summed E-state index contributed by atoms with van der Waals surface area (Å²) in [5, 5.41) is 3.50. The lowest BCUT2D eigenvalue weighted by Crippen LogP contribution is -2.39. The van der Waals surface area contributed by atoms with Crippen LogP contribution in [0.5, 0.6) is 0 Å². The monoisotopic (exact) mass is 219 g/mol. The second kappa shape index (κ2) is 4.32. The van der Waals surface area contributed by atoms with Crippen molar-refractivity contribution in [2.45, 2.75) is 45.6 Å². The minimum absolute atomic E-state index is 0.336. The fraction of sp³-hybridized carbons (Fsp3) is 0.615. The van der Waals surface area contributed by atoms with Crippen molar-refractivity contribution in [3.8, 4) is 0 Å². The smallest absolute Gasteiger partial charge is 0.149 e. The molecule has 0 spiro atoms. The standard InChI is InChI=1S/C13H21N3/c1-13(2)8-4-3-7-11(13)16-12-10(14)6-5-9-15-12/h5-6,9,11H,3-4,7-8,14H2,1-2H3,(H,15,16). The minimum atomic E-state index is 0.336. The lowest BCUT2D eigenvalue weighted by Gasteiger charge is -2.39. The Morgan fingerprint density at radius 3 is 2.94 bits per heavy atom. The molecular weight excluding hydrogens is 198 g/mol. The van der Waals surface area contributed by atoms with Gasteiger partial charge in [0.15, 0.2) is 0 Å². The number of nitrogen functional groups attached to an aromatic ring is 1. The first-order chi connectivity index (χ1) is 7.59. The van der Waals surface area contributed by atoms with Crippen LogP contribution in [-0.4, -0.2) is 11.0 Å². The zero-order valence-electron chi connectivity index (χ0n) is 10.2. The van der Waals surface area contributed by atoms with Crippen LogP contribution in [-0.2, 0) is 0 Å². The number of hydrogen-bond acceptors (Lipinski definition) is 3. The van der Waals surface area contributed by atoms with Gasteiger partial charge in [-0.25, -0.2) is 4.98 Å². The van der Waals surface area contributed by atoms with Crippen molar-refractivity contribution < 1.29 is 0 Å². The highest BCUT2D eigenvalue weighted by Gasteiger charge is 2.32. The topological polar surface area (TPSA) is 50.9 Å². The van der Waals surface area contributed by atoms with Gasteiger partial charge in [-0.1, -0.05) is 26.7 Å². The van der Waals surface area contributed by atoms with Crippen LogP contribution < -0.4 is 11.1 Å². The molecule has 0 amide bonds. The molecule has 3 N–H and O–H groups in total. The molecule has 2 rings (SSSR count). The summed E-state index contributed by atoms with van der Waals surface area (Å²) < 4.78 is 0. The first kappa shape index (κ1) is 11.2. The zero-order chi connectivity index (χ0) is 11.6. The van der Waals surface area contributed by atoms with E-state index in [1.165, 1.54) is 25.7 Å². The van der Waals surface area contributed by atoms with Gasteiger partial charge >= 0.3 is 0 Å². The summed E-state index contributed by atoms with van der Waals surface area (Å²) >= 11 is 0. The van der Waals surface area contributed by atoms with Crippen LogP contribution >= 0.6 is 0 Å². The zero-order valence-corrected chi connectivity index (χ0v) is 10.2. The van der Waals surface area contributed by atoms with Gasteiger partial charge in [0, 0.05) is 12.2 Å². The van der Waals surface area contributed by atoms with Gasteiger partial charge < -0.3 is 11.1 Å². The van der Waals surface area contributed by atoms with Gasteiger partial charge in [-0.05, 0) is 30.4 Å². The molecule has 0 radical (unpaired) electrons. The first-order valence-corrected chi connectivity index (χ1v) is 6.06. The Labute approximate surface area is 97.5 Å². The number of nitrogens with zero attached hydrogens (tertiary/aromatic N) is 1. The highest BCUT2D eigenvalue weighted by Crippen LogP contribution is 2.37. The Kier molecular flexibility index (Phi) is 3.03. The molecule has 88 valence electrons. The lowest BCUT2D eigenvalue weighted by atomic mass is 9.73. The summed E-state index contributed by atoms with van der Waals surface area (Å²) in [6.45, 7) is 4.64.